The molecule has 9 heavy (non-hydrogen) atoms. The van der Waals surface area contributed by atoms with Crippen molar-refractivity contribution in [3.05, 3.63) is 16.6 Å². The van der Waals surface area contributed by atoms with Gasteiger partial charge in [0.05, 0.1) is 5.51 Å². The van der Waals surface area contributed by atoms with Crippen LogP contribution in [-0.4, -0.2) is 10.9 Å². The molecule has 0 aliphatic carbocycles. The molecule has 3 nitrogen and oxygen atoms in total. The Morgan fingerprint density at radius 2 is 2.44 bits per heavy atom. The van der Waals surface area contributed by atoms with E-state index in [1.54, 1.807) is 10.9 Å². The van der Waals surface area contributed by atoms with Crippen LogP contribution in [0.2, 0.25) is 0 Å². The summed E-state index contributed by atoms with van der Waals surface area (Å²) in [6.07, 6.45) is 0. The van der Waals surface area contributed by atoms with Crippen LogP contribution in [0.15, 0.2) is 10.9 Å². The van der Waals surface area contributed by atoms with Crippen molar-refractivity contribution in [3.8, 4) is 0 Å². The normalized spacial score (nSPS) is 8.00. The third-order valence-corrected chi connectivity index (χ3v) is 1.27. The van der Waals surface area contributed by atoms with Gasteiger partial charge in [0, 0.05) is 5.38 Å². The highest BCUT2D eigenvalue weighted by molar-refractivity contribution is 8.93. The van der Waals surface area contributed by atoms with Crippen LogP contribution in [0.25, 0.3) is 0 Å². The molecule has 2 N–H and O–H groups in total. The summed E-state index contributed by atoms with van der Waals surface area (Å²) in [5, 5.41) is 1.61. The monoisotopic (exact) mass is 208 g/mol. The van der Waals surface area contributed by atoms with E-state index < -0.39 is 5.91 Å². The van der Waals surface area contributed by atoms with Crippen LogP contribution in [0, 0.1) is 0 Å². The van der Waals surface area contributed by atoms with E-state index in [1.807, 2.05) is 0 Å². The van der Waals surface area contributed by atoms with Gasteiger partial charge >= 0.3 is 0 Å². The number of nitrogens with zero attached hydrogens (tertiary/aromatic N) is 1. The van der Waals surface area contributed by atoms with Gasteiger partial charge in [0.25, 0.3) is 5.91 Å². The molecule has 1 aromatic rings. The zero-order chi connectivity index (χ0) is 5.98. The van der Waals surface area contributed by atoms with Crippen LogP contribution in [0.4, 0.5) is 0 Å². The van der Waals surface area contributed by atoms with E-state index in [-0.39, 0.29) is 17.0 Å². The number of carbonyl (C=O) groups excluding carboxylic acids is 1. The van der Waals surface area contributed by atoms with Crippen LogP contribution in [0.3, 0.4) is 0 Å². The van der Waals surface area contributed by atoms with E-state index in [2.05, 4.69) is 4.98 Å². The quantitative estimate of drug-likeness (QED) is 0.744. The minimum Gasteiger partial charge on any atom is -0.364 e. The first-order chi connectivity index (χ1) is 3.80. The number of halogens is 1. The molecule has 1 amide bonds. The molecule has 0 aliphatic rings. The zero-order valence-electron chi connectivity index (χ0n) is 4.40. The van der Waals surface area contributed by atoms with Crippen LogP contribution in [0.5, 0.6) is 0 Å². The molecule has 1 aromatic heterocycles. The number of thiazole rings is 1. The van der Waals surface area contributed by atoms with Gasteiger partial charge in [-0.25, -0.2) is 4.98 Å². The predicted octanol–water partition coefficient (Wildman–Crippen LogP) is 0.820. The highest BCUT2D eigenvalue weighted by Gasteiger charge is 1.98. The number of rotatable bonds is 1. The van der Waals surface area contributed by atoms with Gasteiger partial charge in [-0.15, -0.1) is 28.3 Å². The van der Waals surface area contributed by atoms with Crippen LogP contribution in [-0.2, 0) is 0 Å². The van der Waals surface area contributed by atoms with Crippen LogP contribution >= 0.6 is 28.3 Å². The first-order valence-electron chi connectivity index (χ1n) is 1.98. The van der Waals surface area contributed by atoms with E-state index in [4.69, 9.17) is 5.73 Å². The molecule has 0 saturated carbocycles. The molecule has 0 fully saturated rings. The Bertz CT molecular complexity index is 186. The Balaban J connectivity index is 0.000000640. The van der Waals surface area contributed by atoms with Gasteiger partial charge in [-0.3, -0.25) is 4.79 Å². The van der Waals surface area contributed by atoms with Gasteiger partial charge in [-0.1, -0.05) is 0 Å². The second kappa shape index (κ2) is 3.58. The third-order valence-electron chi connectivity index (χ3n) is 0.685. The zero-order valence-corrected chi connectivity index (χ0v) is 6.93. The lowest BCUT2D eigenvalue weighted by atomic mass is 10.5. The summed E-state index contributed by atoms with van der Waals surface area (Å²) in [4.78, 5) is 13.9. The predicted molar refractivity (Wildman–Crippen MR) is 41.0 cm³/mol. The Hall–Kier alpha value is -0.420. The van der Waals surface area contributed by atoms with Crippen molar-refractivity contribution < 1.29 is 4.79 Å². The average molecular weight is 209 g/mol. The first kappa shape index (κ1) is 8.58. The maximum Gasteiger partial charge on any atom is 0.268 e. The molecule has 0 spiro atoms. The molecular weight excluding hydrogens is 204 g/mol. The van der Waals surface area contributed by atoms with Crippen molar-refractivity contribution in [2.24, 2.45) is 5.73 Å². The van der Waals surface area contributed by atoms with Gasteiger partial charge in [0.15, 0.2) is 0 Å². The highest BCUT2D eigenvalue weighted by atomic mass is 79.9. The number of carbonyl (C=O) groups is 1. The lowest BCUT2D eigenvalue weighted by Crippen LogP contribution is -2.10. The van der Waals surface area contributed by atoms with Crippen molar-refractivity contribution in [2.45, 2.75) is 0 Å². The lowest BCUT2D eigenvalue weighted by Gasteiger charge is -1.79. The van der Waals surface area contributed by atoms with Crippen molar-refractivity contribution in [1.29, 1.82) is 0 Å². The first-order valence-corrected chi connectivity index (χ1v) is 2.93. The van der Waals surface area contributed by atoms with Gasteiger partial charge in [0.2, 0.25) is 0 Å². The maximum absolute atomic E-state index is 10.2. The van der Waals surface area contributed by atoms with Crippen molar-refractivity contribution >= 4 is 34.2 Å². The molecule has 50 valence electrons. The summed E-state index contributed by atoms with van der Waals surface area (Å²) in [6, 6.07) is 0. The standard InChI is InChI=1S/C4H4N2OS.BrH/c5-4(7)3-1-8-2-6-3;/h1-2H,(H2,5,7);1H. The molecule has 0 saturated heterocycles. The summed E-state index contributed by atoms with van der Waals surface area (Å²) in [7, 11) is 0. The summed E-state index contributed by atoms with van der Waals surface area (Å²) >= 11 is 1.36. The van der Waals surface area contributed by atoms with Gasteiger partial charge in [-0.2, -0.15) is 0 Å². The fourth-order valence-corrected chi connectivity index (χ4v) is 0.875. The minimum absolute atomic E-state index is 0. The molecule has 1 heterocycles. The van der Waals surface area contributed by atoms with Crippen molar-refractivity contribution in [2.75, 3.05) is 0 Å². The number of amides is 1. The third kappa shape index (κ3) is 2.11. The molecule has 5 heteroatoms. The van der Waals surface area contributed by atoms with E-state index in [0.29, 0.717) is 5.69 Å². The summed E-state index contributed by atoms with van der Waals surface area (Å²) in [5.41, 5.74) is 6.78. The fourth-order valence-electron chi connectivity index (χ4n) is 0.334. The molecule has 0 atom stereocenters. The van der Waals surface area contributed by atoms with Crippen molar-refractivity contribution in [1.82, 2.24) is 4.98 Å². The number of primary amides is 1. The fraction of sp³-hybridized carbons (Fsp3) is 0. The van der Waals surface area contributed by atoms with Crippen molar-refractivity contribution in [3.63, 3.8) is 0 Å². The Labute approximate surface area is 66.7 Å². The second-order valence-electron chi connectivity index (χ2n) is 1.24. The molecule has 0 aromatic carbocycles. The molecule has 0 unspecified atom stereocenters. The smallest absolute Gasteiger partial charge is 0.268 e. The van der Waals surface area contributed by atoms with E-state index in [1.165, 1.54) is 11.3 Å². The van der Waals surface area contributed by atoms with E-state index >= 15 is 0 Å². The number of hydrogen-bond donors (Lipinski definition) is 1. The van der Waals surface area contributed by atoms with E-state index in [9.17, 15) is 4.79 Å². The minimum atomic E-state index is -0.466. The van der Waals surface area contributed by atoms with Gasteiger partial charge < -0.3 is 5.73 Å². The number of aromatic nitrogens is 1. The van der Waals surface area contributed by atoms with Crippen LogP contribution < -0.4 is 5.73 Å². The Morgan fingerprint density at radius 3 is 2.67 bits per heavy atom. The molecule has 0 radical (unpaired) electrons. The average Bonchev–Trinajstić information content (AvgIpc) is 2.12. The van der Waals surface area contributed by atoms with Gasteiger partial charge in [0.1, 0.15) is 5.69 Å². The maximum atomic E-state index is 10.2. The molecule has 0 bridgehead atoms. The number of nitrogens with two attached hydrogens (primary N) is 1. The molecule has 1 rings (SSSR count). The second-order valence-corrected chi connectivity index (χ2v) is 1.96. The van der Waals surface area contributed by atoms with Crippen LogP contribution in [0.1, 0.15) is 10.5 Å². The SMILES string of the molecule is Br.NC(=O)c1cscn1. The highest BCUT2D eigenvalue weighted by Crippen LogP contribution is 1.97. The van der Waals surface area contributed by atoms with E-state index in [0.717, 1.165) is 0 Å². The Kier molecular flexibility index (Phi) is 3.41. The number of hydrogen-bond acceptors (Lipinski definition) is 3. The summed E-state index contributed by atoms with van der Waals surface area (Å²) < 4.78 is 0. The largest absolute Gasteiger partial charge is 0.364 e. The molecule has 0 aliphatic heterocycles. The Morgan fingerprint density at radius 1 is 1.78 bits per heavy atom. The van der Waals surface area contributed by atoms with Gasteiger partial charge in [-0.05, 0) is 0 Å². The summed E-state index contributed by atoms with van der Waals surface area (Å²) in [6.45, 7) is 0. The topological polar surface area (TPSA) is 56.0 Å². The summed E-state index contributed by atoms with van der Waals surface area (Å²) in [5.74, 6) is -0.466. The lowest BCUT2D eigenvalue weighted by molar-refractivity contribution is 0.0996. The molecular formula is C4H5BrN2OS.